The van der Waals surface area contributed by atoms with E-state index in [4.69, 9.17) is 13.9 Å². The van der Waals surface area contributed by atoms with Gasteiger partial charge < -0.3 is 19.0 Å². The number of para-hydroxylation sites is 1. The molecule has 0 aliphatic heterocycles. The van der Waals surface area contributed by atoms with E-state index < -0.39 is 11.6 Å². The van der Waals surface area contributed by atoms with Crippen LogP contribution in [0.1, 0.15) is 17.5 Å². The third-order valence-electron chi connectivity index (χ3n) is 3.92. The molecule has 0 fully saturated rings. The molecule has 0 bridgehead atoms. The first-order valence-electron chi connectivity index (χ1n) is 8.13. The second-order valence-electron chi connectivity index (χ2n) is 5.75. The Hall–Kier alpha value is -3.28. The minimum Gasteiger partial charge on any atom is -0.508 e. The van der Waals surface area contributed by atoms with Crippen molar-refractivity contribution in [3.8, 4) is 11.5 Å². The summed E-state index contributed by atoms with van der Waals surface area (Å²) in [5.74, 6) is 0.285. The molecule has 1 heterocycles. The van der Waals surface area contributed by atoms with Gasteiger partial charge in [-0.05, 0) is 31.2 Å². The van der Waals surface area contributed by atoms with Crippen LogP contribution in [0, 0.1) is 6.92 Å². The number of fused-ring (bicyclic) bond motifs is 1. The molecule has 3 rings (SSSR count). The lowest BCUT2D eigenvalue weighted by Crippen LogP contribution is -2.11. The first kappa shape index (κ1) is 17.5. The van der Waals surface area contributed by atoms with Crippen LogP contribution in [-0.4, -0.2) is 17.7 Å². The molecule has 0 aliphatic carbocycles. The Labute approximate surface area is 149 Å². The van der Waals surface area contributed by atoms with E-state index in [-0.39, 0.29) is 31.0 Å². The highest BCUT2D eigenvalue weighted by Gasteiger charge is 2.12. The fraction of sp³-hybridized carbons (Fsp3) is 0.200. The molecule has 6 nitrogen and oxygen atoms in total. The summed E-state index contributed by atoms with van der Waals surface area (Å²) in [7, 11) is 0. The molecule has 0 radical (unpaired) electrons. The summed E-state index contributed by atoms with van der Waals surface area (Å²) in [6.45, 7) is 1.79. The zero-order valence-corrected chi connectivity index (χ0v) is 14.2. The van der Waals surface area contributed by atoms with Crippen molar-refractivity contribution in [1.82, 2.24) is 0 Å². The fourth-order valence-electron chi connectivity index (χ4n) is 2.53. The summed E-state index contributed by atoms with van der Waals surface area (Å²) in [5, 5.41) is 10.4. The predicted octanol–water partition coefficient (Wildman–Crippen LogP) is 3.32. The number of carbonyl (C=O) groups is 1. The van der Waals surface area contributed by atoms with Crippen molar-refractivity contribution >= 4 is 16.9 Å². The van der Waals surface area contributed by atoms with Crippen molar-refractivity contribution in [2.75, 3.05) is 6.61 Å². The summed E-state index contributed by atoms with van der Waals surface area (Å²) in [4.78, 5) is 23.6. The normalized spacial score (nSPS) is 10.7. The number of aromatic hydroxyl groups is 1. The number of hydrogen-bond acceptors (Lipinski definition) is 6. The number of rotatable bonds is 6. The highest BCUT2D eigenvalue weighted by molar-refractivity contribution is 5.85. The Kier molecular flexibility index (Phi) is 5.22. The molecule has 26 heavy (non-hydrogen) atoms. The van der Waals surface area contributed by atoms with Gasteiger partial charge in [-0.25, -0.2) is 4.79 Å². The predicted molar refractivity (Wildman–Crippen MR) is 95.2 cm³/mol. The first-order valence-corrected chi connectivity index (χ1v) is 8.13. The van der Waals surface area contributed by atoms with Crippen molar-refractivity contribution in [2.24, 2.45) is 0 Å². The number of hydrogen-bond donors (Lipinski definition) is 1. The molecule has 1 aromatic heterocycles. The van der Waals surface area contributed by atoms with Gasteiger partial charge in [-0.15, -0.1) is 0 Å². The molecule has 0 unspecified atom stereocenters. The fourth-order valence-corrected chi connectivity index (χ4v) is 2.53. The zero-order chi connectivity index (χ0) is 18.5. The molecule has 0 spiro atoms. The minimum absolute atomic E-state index is 0.0351. The number of ether oxygens (including phenoxy) is 2. The van der Waals surface area contributed by atoms with Crippen LogP contribution in [-0.2, 0) is 16.1 Å². The lowest BCUT2D eigenvalue weighted by molar-refractivity contribution is -0.145. The van der Waals surface area contributed by atoms with E-state index >= 15 is 0 Å². The van der Waals surface area contributed by atoms with Gasteiger partial charge in [-0.2, -0.15) is 0 Å². The average molecular weight is 354 g/mol. The molecular weight excluding hydrogens is 336 g/mol. The van der Waals surface area contributed by atoms with Crippen LogP contribution in [0.15, 0.2) is 57.7 Å². The number of phenols is 1. The molecule has 134 valence electrons. The Morgan fingerprint density at radius 3 is 2.69 bits per heavy atom. The van der Waals surface area contributed by atoms with Crippen LogP contribution < -0.4 is 10.4 Å². The van der Waals surface area contributed by atoms with Crippen molar-refractivity contribution in [1.29, 1.82) is 0 Å². The van der Waals surface area contributed by atoms with Crippen molar-refractivity contribution in [3.05, 3.63) is 70.1 Å². The smallest absolute Gasteiger partial charge is 0.336 e. The highest BCUT2D eigenvalue weighted by atomic mass is 16.5. The third-order valence-corrected chi connectivity index (χ3v) is 3.92. The minimum atomic E-state index is -0.565. The quantitative estimate of drug-likeness (QED) is 0.540. The molecule has 1 N–H and O–H groups in total. The van der Waals surface area contributed by atoms with Gasteiger partial charge in [0.15, 0.2) is 0 Å². The van der Waals surface area contributed by atoms with Gasteiger partial charge in [0.25, 0.3) is 0 Å². The van der Waals surface area contributed by atoms with E-state index in [9.17, 15) is 14.7 Å². The number of esters is 1. The Bertz CT molecular complexity index is 975. The van der Waals surface area contributed by atoms with Crippen LogP contribution in [0.4, 0.5) is 0 Å². The molecule has 0 atom stereocenters. The second kappa shape index (κ2) is 7.74. The monoisotopic (exact) mass is 354 g/mol. The molecule has 0 aliphatic rings. The molecule has 0 amide bonds. The van der Waals surface area contributed by atoms with Crippen molar-refractivity contribution < 1.29 is 23.8 Å². The number of benzene rings is 2. The van der Waals surface area contributed by atoms with Crippen LogP contribution >= 0.6 is 0 Å². The zero-order valence-electron chi connectivity index (χ0n) is 14.2. The molecule has 6 heteroatoms. The molecule has 2 aromatic carbocycles. The van der Waals surface area contributed by atoms with Crippen LogP contribution in [0.25, 0.3) is 11.0 Å². The van der Waals surface area contributed by atoms with E-state index in [0.29, 0.717) is 22.3 Å². The summed E-state index contributed by atoms with van der Waals surface area (Å²) in [6, 6.07) is 13.6. The number of carbonyl (C=O) groups excluding carboxylic acids is 1. The van der Waals surface area contributed by atoms with Crippen molar-refractivity contribution in [3.63, 3.8) is 0 Å². The topological polar surface area (TPSA) is 86.0 Å². The molecule has 3 aromatic rings. The standard InChI is InChI=1S/C20H18O6/c1-13-17(21)8-7-16-14(11-19(23)26-20(13)16)12-25-18(22)9-10-24-15-5-3-2-4-6-15/h2-8,11,21H,9-10,12H2,1H3. The van der Waals surface area contributed by atoms with Gasteiger partial charge in [-0.1, -0.05) is 18.2 Å². The Morgan fingerprint density at radius 1 is 1.15 bits per heavy atom. The first-order chi connectivity index (χ1) is 12.5. The summed E-state index contributed by atoms with van der Waals surface area (Å²) >= 11 is 0. The molecular formula is C20H18O6. The maximum Gasteiger partial charge on any atom is 0.336 e. The summed E-state index contributed by atoms with van der Waals surface area (Å²) in [6.07, 6.45) is 0.0914. The van der Waals surface area contributed by atoms with Crippen LogP contribution in [0.5, 0.6) is 11.5 Å². The van der Waals surface area contributed by atoms with Gasteiger partial charge >= 0.3 is 11.6 Å². The highest BCUT2D eigenvalue weighted by Crippen LogP contribution is 2.27. The SMILES string of the molecule is Cc1c(O)ccc2c(COC(=O)CCOc3ccccc3)cc(=O)oc12. The van der Waals surface area contributed by atoms with E-state index in [2.05, 4.69) is 0 Å². The number of phenolic OH excluding ortho intramolecular Hbond substituents is 1. The summed E-state index contributed by atoms with van der Waals surface area (Å²) < 4.78 is 15.8. The Morgan fingerprint density at radius 2 is 1.92 bits per heavy atom. The largest absolute Gasteiger partial charge is 0.508 e. The number of aryl methyl sites for hydroxylation is 1. The van der Waals surface area contributed by atoms with Crippen molar-refractivity contribution in [2.45, 2.75) is 20.0 Å². The van der Waals surface area contributed by atoms with Gasteiger partial charge in [0.2, 0.25) is 0 Å². The Balaban J connectivity index is 1.63. The van der Waals surface area contributed by atoms with Crippen LogP contribution in [0.3, 0.4) is 0 Å². The molecule has 0 saturated carbocycles. The third kappa shape index (κ3) is 4.03. The van der Waals surface area contributed by atoms with E-state index in [1.807, 2.05) is 18.2 Å². The van der Waals surface area contributed by atoms with Crippen LogP contribution in [0.2, 0.25) is 0 Å². The van der Waals surface area contributed by atoms with E-state index in [1.54, 1.807) is 25.1 Å². The lowest BCUT2D eigenvalue weighted by atomic mass is 10.1. The van der Waals surface area contributed by atoms with Gasteiger partial charge in [0, 0.05) is 22.6 Å². The summed E-state index contributed by atoms with van der Waals surface area (Å²) in [5.41, 5.74) is 0.710. The average Bonchev–Trinajstić information content (AvgIpc) is 2.64. The van der Waals surface area contributed by atoms with E-state index in [0.717, 1.165) is 0 Å². The van der Waals surface area contributed by atoms with Gasteiger partial charge in [0.05, 0.1) is 13.0 Å². The van der Waals surface area contributed by atoms with E-state index in [1.165, 1.54) is 12.1 Å². The maximum atomic E-state index is 11.9. The van der Waals surface area contributed by atoms with Gasteiger partial charge in [-0.3, -0.25) is 4.79 Å². The van der Waals surface area contributed by atoms with Gasteiger partial charge in [0.1, 0.15) is 23.7 Å². The molecule has 0 saturated heterocycles. The lowest BCUT2D eigenvalue weighted by Gasteiger charge is -2.09. The second-order valence-corrected chi connectivity index (χ2v) is 5.75. The maximum absolute atomic E-state index is 11.9.